The number of hydrogen-bond acceptors (Lipinski definition) is 4. The van der Waals surface area contributed by atoms with Crippen LogP contribution in [0.1, 0.15) is 39.2 Å². The average molecular weight is 553 g/mol. The zero-order chi connectivity index (χ0) is 25.3. The third-order valence-electron chi connectivity index (χ3n) is 5.43. The Labute approximate surface area is 211 Å². The summed E-state index contributed by atoms with van der Waals surface area (Å²) in [5.41, 5.74) is 0.906. The molecule has 2 rings (SSSR count). The minimum Gasteiger partial charge on any atom is -0.354 e. The Kier molecular flexibility index (Phi) is 10.7. The van der Waals surface area contributed by atoms with Crippen LogP contribution in [0.5, 0.6) is 0 Å². The molecule has 0 aliphatic carbocycles. The molecule has 0 aliphatic heterocycles. The molecule has 0 aliphatic rings. The van der Waals surface area contributed by atoms with Crippen molar-refractivity contribution in [1.29, 1.82) is 0 Å². The Morgan fingerprint density at radius 3 is 2.21 bits per heavy atom. The van der Waals surface area contributed by atoms with E-state index in [9.17, 15) is 18.0 Å². The monoisotopic (exact) mass is 551 g/mol. The van der Waals surface area contributed by atoms with Gasteiger partial charge < -0.3 is 10.2 Å². The van der Waals surface area contributed by atoms with Crippen molar-refractivity contribution in [2.24, 2.45) is 5.92 Å². The first-order chi connectivity index (χ1) is 16.0. The molecule has 2 aromatic rings. The SMILES string of the molecule is CC(C)CNC(=O)[C@H](C)N(Cc1ccc(Br)cc1)C(=O)CCCN(C)S(=O)(=O)c1ccccc1. The van der Waals surface area contributed by atoms with Crippen LogP contribution in [-0.2, 0) is 26.2 Å². The molecule has 1 N–H and O–H groups in total. The quantitative estimate of drug-likeness (QED) is 0.431. The lowest BCUT2D eigenvalue weighted by Gasteiger charge is -2.29. The number of amides is 2. The Morgan fingerprint density at radius 2 is 1.62 bits per heavy atom. The van der Waals surface area contributed by atoms with E-state index in [4.69, 9.17) is 0 Å². The number of carbonyl (C=O) groups is 2. The molecule has 0 saturated heterocycles. The van der Waals surface area contributed by atoms with Crippen molar-refractivity contribution in [3.63, 3.8) is 0 Å². The van der Waals surface area contributed by atoms with Gasteiger partial charge >= 0.3 is 0 Å². The number of rotatable bonds is 12. The van der Waals surface area contributed by atoms with E-state index in [-0.39, 0.29) is 29.7 Å². The highest BCUT2D eigenvalue weighted by Gasteiger charge is 2.27. The molecule has 0 saturated carbocycles. The van der Waals surface area contributed by atoms with Crippen molar-refractivity contribution in [2.75, 3.05) is 20.1 Å². The van der Waals surface area contributed by atoms with Gasteiger partial charge in [-0.3, -0.25) is 9.59 Å². The van der Waals surface area contributed by atoms with Crippen LogP contribution in [0, 0.1) is 5.92 Å². The zero-order valence-electron chi connectivity index (χ0n) is 20.2. The van der Waals surface area contributed by atoms with Gasteiger partial charge in [0.25, 0.3) is 0 Å². The summed E-state index contributed by atoms with van der Waals surface area (Å²) in [6.45, 7) is 6.76. The van der Waals surface area contributed by atoms with Gasteiger partial charge in [0.2, 0.25) is 21.8 Å². The highest BCUT2D eigenvalue weighted by atomic mass is 79.9. The standard InChI is InChI=1S/C25H34BrN3O4S/c1-19(2)17-27-25(31)20(3)29(18-21-12-14-22(26)15-13-21)24(30)11-8-16-28(4)34(32,33)23-9-6-5-7-10-23/h5-7,9-10,12-15,19-20H,8,11,16-18H2,1-4H3,(H,27,31)/t20-/m0/s1. The van der Waals surface area contributed by atoms with Crippen LogP contribution in [0.3, 0.4) is 0 Å². The third-order valence-corrected chi connectivity index (χ3v) is 7.83. The van der Waals surface area contributed by atoms with Gasteiger partial charge in [-0.05, 0) is 49.1 Å². The van der Waals surface area contributed by atoms with E-state index in [2.05, 4.69) is 21.2 Å². The van der Waals surface area contributed by atoms with Gasteiger partial charge in [0.15, 0.2) is 0 Å². The summed E-state index contributed by atoms with van der Waals surface area (Å²) in [5, 5.41) is 2.90. The highest BCUT2D eigenvalue weighted by Crippen LogP contribution is 2.17. The van der Waals surface area contributed by atoms with E-state index < -0.39 is 16.1 Å². The maximum absolute atomic E-state index is 13.2. The molecule has 0 heterocycles. The fourth-order valence-electron chi connectivity index (χ4n) is 3.31. The minimum absolute atomic E-state index is 0.132. The Bertz CT molecular complexity index is 1040. The summed E-state index contributed by atoms with van der Waals surface area (Å²) in [5.74, 6) is -0.0996. The topological polar surface area (TPSA) is 86.8 Å². The minimum atomic E-state index is -3.62. The second-order valence-electron chi connectivity index (χ2n) is 8.71. The van der Waals surface area contributed by atoms with Crippen LogP contribution >= 0.6 is 15.9 Å². The third kappa shape index (κ3) is 8.21. The summed E-state index contributed by atoms with van der Waals surface area (Å²) >= 11 is 3.41. The Balaban J connectivity index is 2.06. The predicted octanol–water partition coefficient (Wildman–Crippen LogP) is 4.04. The van der Waals surface area contributed by atoms with E-state index in [0.29, 0.717) is 25.4 Å². The molecule has 2 amide bonds. The molecular weight excluding hydrogens is 518 g/mol. The lowest BCUT2D eigenvalue weighted by molar-refractivity contribution is -0.140. The van der Waals surface area contributed by atoms with Gasteiger partial charge in [-0.1, -0.05) is 60.1 Å². The highest BCUT2D eigenvalue weighted by molar-refractivity contribution is 9.10. The number of nitrogens with one attached hydrogen (secondary N) is 1. The van der Waals surface area contributed by atoms with E-state index in [1.807, 2.05) is 38.1 Å². The fourth-order valence-corrected chi connectivity index (χ4v) is 4.81. The Morgan fingerprint density at radius 1 is 1.00 bits per heavy atom. The molecule has 0 spiro atoms. The van der Waals surface area contributed by atoms with Gasteiger partial charge in [0, 0.05) is 37.6 Å². The lowest BCUT2D eigenvalue weighted by Crippen LogP contribution is -2.48. The van der Waals surface area contributed by atoms with E-state index in [0.717, 1.165) is 10.0 Å². The number of nitrogens with zero attached hydrogens (tertiary/aromatic N) is 2. The van der Waals surface area contributed by atoms with Crippen LogP contribution < -0.4 is 5.32 Å². The van der Waals surface area contributed by atoms with Crippen LogP contribution in [0.15, 0.2) is 64.0 Å². The summed E-state index contributed by atoms with van der Waals surface area (Å²) in [6, 6.07) is 15.2. The number of sulfonamides is 1. The van der Waals surface area contributed by atoms with Crippen molar-refractivity contribution >= 4 is 37.8 Å². The first-order valence-corrected chi connectivity index (χ1v) is 13.6. The summed E-state index contributed by atoms with van der Waals surface area (Å²) in [6.07, 6.45) is 0.478. The van der Waals surface area contributed by atoms with Gasteiger partial charge in [0.1, 0.15) is 6.04 Å². The predicted molar refractivity (Wildman–Crippen MR) is 137 cm³/mol. The Hall–Kier alpha value is -2.23. The maximum atomic E-state index is 13.2. The van der Waals surface area contributed by atoms with Crippen LogP contribution in [0.4, 0.5) is 0 Å². The average Bonchev–Trinajstić information content (AvgIpc) is 2.82. The zero-order valence-corrected chi connectivity index (χ0v) is 22.6. The summed E-state index contributed by atoms with van der Waals surface area (Å²) in [7, 11) is -2.11. The molecule has 1 atom stereocenters. The van der Waals surface area contributed by atoms with Crippen molar-refractivity contribution in [3.8, 4) is 0 Å². The molecule has 186 valence electrons. The number of carbonyl (C=O) groups excluding carboxylic acids is 2. The molecule has 9 heteroatoms. The van der Waals surface area contributed by atoms with Crippen LogP contribution in [-0.4, -0.2) is 55.6 Å². The molecule has 0 bridgehead atoms. The van der Waals surface area contributed by atoms with E-state index >= 15 is 0 Å². The smallest absolute Gasteiger partial charge is 0.242 e. The van der Waals surface area contributed by atoms with Crippen molar-refractivity contribution in [2.45, 2.75) is 51.1 Å². The van der Waals surface area contributed by atoms with Crippen LogP contribution in [0.2, 0.25) is 0 Å². The van der Waals surface area contributed by atoms with Crippen molar-refractivity contribution < 1.29 is 18.0 Å². The lowest BCUT2D eigenvalue weighted by atomic mass is 10.1. The second-order valence-corrected chi connectivity index (χ2v) is 11.7. The van der Waals surface area contributed by atoms with Crippen molar-refractivity contribution in [1.82, 2.24) is 14.5 Å². The number of hydrogen-bond donors (Lipinski definition) is 1. The van der Waals surface area contributed by atoms with Crippen molar-refractivity contribution in [3.05, 3.63) is 64.6 Å². The van der Waals surface area contributed by atoms with E-state index in [1.165, 1.54) is 11.4 Å². The molecule has 2 aromatic carbocycles. The number of benzene rings is 2. The summed E-state index contributed by atoms with van der Waals surface area (Å²) < 4.78 is 27.6. The molecule has 0 radical (unpaired) electrons. The molecule has 7 nitrogen and oxygen atoms in total. The molecule has 0 unspecified atom stereocenters. The fraction of sp³-hybridized carbons (Fsp3) is 0.440. The maximum Gasteiger partial charge on any atom is 0.242 e. The largest absolute Gasteiger partial charge is 0.354 e. The molecule has 0 fully saturated rings. The second kappa shape index (κ2) is 13.0. The van der Waals surface area contributed by atoms with Gasteiger partial charge in [-0.2, -0.15) is 0 Å². The number of halogens is 1. The van der Waals surface area contributed by atoms with Gasteiger partial charge in [-0.25, -0.2) is 12.7 Å². The van der Waals surface area contributed by atoms with Crippen LogP contribution in [0.25, 0.3) is 0 Å². The van der Waals surface area contributed by atoms with E-state index in [1.54, 1.807) is 42.2 Å². The van der Waals surface area contributed by atoms with Gasteiger partial charge in [0.05, 0.1) is 4.90 Å². The van der Waals surface area contributed by atoms with Gasteiger partial charge in [-0.15, -0.1) is 0 Å². The summed E-state index contributed by atoms with van der Waals surface area (Å²) in [4.78, 5) is 27.7. The molecular formula is C25H34BrN3O4S. The first kappa shape index (κ1) is 28.0. The first-order valence-electron chi connectivity index (χ1n) is 11.4. The normalized spacial score (nSPS) is 12.6. The molecule has 0 aromatic heterocycles. The molecule has 34 heavy (non-hydrogen) atoms.